The van der Waals surface area contributed by atoms with Crippen molar-refractivity contribution in [1.29, 1.82) is 0 Å². The van der Waals surface area contributed by atoms with E-state index < -0.39 is 16.1 Å². The van der Waals surface area contributed by atoms with E-state index in [0.717, 1.165) is 0 Å². The Morgan fingerprint density at radius 1 is 1.23 bits per heavy atom. The van der Waals surface area contributed by atoms with Crippen LogP contribution >= 0.6 is 0 Å². The van der Waals surface area contributed by atoms with Gasteiger partial charge in [-0.1, -0.05) is 0 Å². The van der Waals surface area contributed by atoms with Crippen LogP contribution in [0.3, 0.4) is 0 Å². The number of amides is 1. The maximum absolute atomic E-state index is 12.7. The molecular weight excluding hydrogens is 306 g/mol. The van der Waals surface area contributed by atoms with Crippen LogP contribution in [0.25, 0.3) is 0 Å². The Morgan fingerprint density at radius 3 is 2.59 bits per heavy atom. The summed E-state index contributed by atoms with van der Waals surface area (Å²) in [6, 6.07) is 4.58. The van der Waals surface area contributed by atoms with E-state index in [9.17, 15) is 13.2 Å². The van der Waals surface area contributed by atoms with Crippen LogP contribution in [0.2, 0.25) is 0 Å². The molecule has 0 saturated carbocycles. The van der Waals surface area contributed by atoms with Gasteiger partial charge in [-0.25, -0.2) is 8.42 Å². The monoisotopic (exact) mass is 325 g/mol. The molecule has 3 rings (SSSR count). The maximum Gasteiger partial charge on any atom is 0.265 e. The van der Waals surface area contributed by atoms with Gasteiger partial charge in [0.15, 0.2) is 6.10 Å². The highest BCUT2D eigenvalue weighted by Gasteiger charge is 2.30. The number of anilines is 1. The number of sulfonamides is 1. The van der Waals surface area contributed by atoms with Crippen LogP contribution in [0.1, 0.15) is 6.92 Å². The molecule has 7 nitrogen and oxygen atoms in total. The van der Waals surface area contributed by atoms with Crippen molar-refractivity contribution in [1.82, 2.24) is 9.21 Å². The highest BCUT2D eigenvalue weighted by Crippen LogP contribution is 2.32. The van der Waals surface area contributed by atoms with Gasteiger partial charge in [-0.05, 0) is 32.2 Å². The lowest BCUT2D eigenvalue weighted by Crippen LogP contribution is -2.47. The zero-order valence-electron chi connectivity index (χ0n) is 12.6. The van der Waals surface area contributed by atoms with Gasteiger partial charge < -0.3 is 15.0 Å². The Bertz CT molecular complexity index is 696. The van der Waals surface area contributed by atoms with E-state index >= 15 is 0 Å². The summed E-state index contributed by atoms with van der Waals surface area (Å²) in [5.74, 6) is 0.214. The van der Waals surface area contributed by atoms with Gasteiger partial charge in [0.1, 0.15) is 5.75 Å². The van der Waals surface area contributed by atoms with E-state index in [1.807, 2.05) is 7.05 Å². The number of nitrogens with zero attached hydrogens (tertiary/aromatic N) is 2. The molecule has 22 heavy (non-hydrogen) atoms. The number of ether oxygens (including phenoxy) is 1. The minimum atomic E-state index is -3.55. The van der Waals surface area contributed by atoms with Gasteiger partial charge in [0.05, 0.1) is 10.6 Å². The fourth-order valence-corrected chi connectivity index (χ4v) is 3.97. The van der Waals surface area contributed by atoms with Crippen LogP contribution in [-0.2, 0) is 14.8 Å². The van der Waals surface area contributed by atoms with Crippen LogP contribution in [0.5, 0.6) is 5.75 Å². The molecule has 0 unspecified atom stereocenters. The molecule has 0 aliphatic carbocycles. The van der Waals surface area contributed by atoms with Crippen molar-refractivity contribution < 1.29 is 17.9 Å². The third-order valence-electron chi connectivity index (χ3n) is 3.98. The first kappa shape index (κ1) is 15.3. The molecule has 1 N–H and O–H groups in total. The third-order valence-corrected chi connectivity index (χ3v) is 5.88. The molecule has 1 atom stereocenters. The van der Waals surface area contributed by atoms with E-state index in [1.54, 1.807) is 13.0 Å². The van der Waals surface area contributed by atoms with Crippen molar-refractivity contribution in [2.75, 3.05) is 38.5 Å². The summed E-state index contributed by atoms with van der Waals surface area (Å²) in [4.78, 5) is 13.9. The number of likely N-dealkylation sites (N-methyl/N-ethyl adjacent to an activating group) is 1. The summed E-state index contributed by atoms with van der Waals surface area (Å²) < 4.78 is 32.3. The zero-order chi connectivity index (χ0) is 15.9. The number of rotatable bonds is 2. The van der Waals surface area contributed by atoms with E-state index in [0.29, 0.717) is 37.6 Å². The molecule has 0 radical (unpaired) electrons. The fourth-order valence-electron chi connectivity index (χ4n) is 2.53. The predicted octanol–water partition coefficient (Wildman–Crippen LogP) is 0.342. The second-order valence-electron chi connectivity index (χ2n) is 5.61. The SMILES string of the molecule is C[C@H]1Oc2ccc(S(=O)(=O)N3CCN(C)CC3)cc2NC1=O. The molecule has 1 aromatic carbocycles. The van der Waals surface area contributed by atoms with E-state index in [4.69, 9.17) is 4.74 Å². The first-order valence-corrected chi connectivity index (χ1v) is 8.62. The molecule has 1 fully saturated rings. The normalized spacial score (nSPS) is 23.5. The molecular formula is C14H19N3O4S. The molecule has 1 aromatic rings. The summed E-state index contributed by atoms with van der Waals surface area (Å²) in [6.07, 6.45) is -0.576. The molecule has 120 valence electrons. The van der Waals surface area contributed by atoms with Gasteiger partial charge in [0.2, 0.25) is 10.0 Å². The summed E-state index contributed by atoms with van der Waals surface area (Å²) in [5.41, 5.74) is 0.401. The standard InChI is InChI=1S/C14H19N3O4S/c1-10-14(18)15-12-9-11(3-4-13(12)21-10)22(19,20)17-7-5-16(2)6-8-17/h3-4,9-10H,5-8H2,1-2H3,(H,15,18)/t10-/m1/s1. The zero-order valence-corrected chi connectivity index (χ0v) is 13.4. The number of hydrogen-bond donors (Lipinski definition) is 1. The number of benzene rings is 1. The minimum absolute atomic E-state index is 0.175. The highest BCUT2D eigenvalue weighted by molar-refractivity contribution is 7.89. The average Bonchev–Trinajstić information content (AvgIpc) is 2.48. The van der Waals surface area contributed by atoms with Crippen LogP contribution in [0, 0.1) is 0 Å². The Kier molecular flexibility index (Phi) is 3.84. The van der Waals surface area contributed by atoms with E-state index in [1.165, 1.54) is 16.4 Å². The summed E-state index contributed by atoms with van der Waals surface area (Å²) in [6.45, 7) is 4.00. The fraction of sp³-hybridized carbons (Fsp3) is 0.500. The summed E-state index contributed by atoms with van der Waals surface area (Å²) in [7, 11) is -1.58. The number of nitrogens with one attached hydrogen (secondary N) is 1. The van der Waals surface area contributed by atoms with Crippen LogP contribution in [0.15, 0.2) is 23.1 Å². The first-order chi connectivity index (χ1) is 10.4. The summed E-state index contributed by atoms with van der Waals surface area (Å²) >= 11 is 0. The third kappa shape index (κ3) is 2.69. The topological polar surface area (TPSA) is 79.0 Å². The minimum Gasteiger partial charge on any atom is -0.479 e. The van der Waals surface area contributed by atoms with Crippen molar-refractivity contribution >= 4 is 21.6 Å². The second kappa shape index (κ2) is 5.53. The molecule has 0 aromatic heterocycles. The van der Waals surface area contributed by atoms with Crippen LogP contribution < -0.4 is 10.1 Å². The van der Waals surface area contributed by atoms with Gasteiger partial charge in [0, 0.05) is 26.2 Å². The predicted molar refractivity (Wildman–Crippen MR) is 81.4 cm³/mol. The van der Waals surface area contributed by atoms with Crippen molar-refractivity contribution in [3.05, 3.63) is 18.2 Å². The van der Waals surface area contributed by atoms with Gasteiger partial charge >= 0.3 is 0 Å². The summed E-state index contributed by atoms with van der Waals surface area (Å²) in [5, 5.41) is 2.68. The van der Waals surface area contributed by atoms with Gasteiger partial charge in [-0.15, -0.1) is 0 Å². The van der Waals surface area contributed by atoms with Crippen molar-refractivity contribution in [3.8, 4) is 5.75 Å². The van der Waals surface area contributed by atoms with Gasteiger partial charge in [0.25, 0.3) is 5.91 Å². The van der Waals surface area contributed by atoms with Crippen LogP contribution in [0.4, 0.5) is 5.69 Å². The number of carbonyl (C=O) groups is 1. The van der Waals surface area contributed by atoms with Crippen molar-refractivity contribution in [3.63, 3.8) is 0 Å². The molecule has 2 aliphatic heterocycles. The lowest BCUT2D eigenvalue weighted by molar-refractivity contribution is -0.122. The van der Waals surface area contributed by atoms with Crippen LogP contribution in [-0.4, -0.2) is 62.9 Å². The Hall–Kier alpha value is -1.64. The molecule has 2 aliphatic rings. The molecule has 1 saturated heterocycles. The Balaban J connectivity index is 1.89. The van der Waals surface area contributed by atoms with Crippen molar-refractivity contribution in [2.24, 2.45) is 0 Å². The lowest BCUT2D eigenvalue weighted by Gasteiger charge is -2.32. The van der Waals surface area contributed by atoms with Gasteiger partial charge in [-0.3, -0.25) is 4.79 Å². The highest BCUT2D eigenvalue weighted by atomic mass is 32.2. The molecule has 1 amide bonds. The molecule has 0 bridgehead atoms. The molecule has 0 spiro atoms. The number of piperazine rings is 1. The Labute approximate surface area is 129 Å². The van der Waals surface area contributed by atoms with E-state index in [2.05, 4.69) is 10.2 Å². The second-order valence-corrected chi connectivity index (χ2v) is 7.55. The number of carbonyl (C=O) groups excluding carboxylic acids is 1. The first-order valence-electron chi connectivity index (χ1n) is 7.18. The number of hydrogen-bond acceptors (Lipinski definition) is 5. The average molecular weight is 325 g/mol. The quantitative estimate of drug-likeness (QED) is 0.848. The molecule has 2 heterocycles. The Morgan fingerprint density at radius 2 is 1.91 bits per heavy atom. The lowest BCUT2D eigenvalue weighted by atomic mass is 10.2. The molecule has 8 heteroatoms. The maximum atomic E-state index is 12.7. The van der Waals surface area contributed by atoms with Crippen molar-refractivity contribution in [2.45, 2.75) is 17.9 Å². The van der Waals surface area contributed by atoms with Gasteiger partial charge in [-0.2, -0.15) is 4.31 Å². The smallest absolute Gasteiger partial charge is 0.265 e. The van der Waals surface area contributed by atoms with E-state index in [-0.39, 0.29) is 10.8 Å². The number of fused-ring (bicyclic) bond motifs is 1. The largest absolute Gasteiger partial charge is 0.479 e.